The fourth-order valence-electron chi connectivity index (χ4n) is 2.88. The van der Waals surface area contributed by atoms with Gasteiger partial charge in [-0.15, -0.1) is 0 Å². The number of carbonyl (C=O) groups excluding carboxylic acids is 1. The molecule has 0 fully saturated rings. The fourth-order valence-corrected chi connectivity index (χ4v) is 4.02. The summed E-state index contributed by atoms with van der Waals surface area (Å²) >= 11 is 0. The third-order valence-electron chi connectivity index (χ3n) is 4.70. The van der Waals surface area contributed by atoms with Crippen molar-refractivity contribution in [2.45, 2.75) is 31.7 Å². The highest BCUT2D eigenvalue weighted by Crippen LogP contribution is 2.21. The van der Waals surface area contributed by atoms with Crippen LogP contribution in [0, 0.1) is 13.8 Å². The number of anilines is 1. The predicted molar refractivity (Wildman–Crippen MR) is 122 cm³/mol. The Morgan fingerprint density at radius 3 is 2.32 bits per heavy atom. The summed E-state index contributed by atoms with van der Waals surface area (Å²) in [5.41, 5.74) is 2.58. The molecule has 7 heteroatoms. The molecule has 0 radical (unpaired) electrons. The molecule has 0 aliphatic heterocycles. The SMILES string of the molecule is Cc1ccc(OC[C@@H](C)NC(=O)c2ccc(C)c(NS(=O)(=O)c3ccccc3)c2)cc1. The normalized spacial score (nSPS) is 12.1. The van der Waals surface area contributed by atoms with Crippen LogP contribution in [0.5, 0.6) is 5.75 Å². The average molecular weight is 439 g/mol. The first-order valence-corrected chi connectivity index (χ1v) is 11.4. The summed E-state index contributed by atoms with van der Waals surface area (Å²) < 4.78 is 33.5. The standard InChI is InChI=1S/C24H26N2O4S/c1-17-9-13-21(14-10-17)30-16-19(3)25-24(27)20-12-11-18(2)23(15-20)26-31(28,29)22-7-5-4-6-8-22/h4-15,19,26H,16H2,1-3H3,(H,25,27)/t19-/m1/s1. The molecule has 1 atom stereocenters. The molecule has 0 aliphatic carbocycles. The Morgan fingerprint density at radius 1 is 0.968 bits per heavy atom. The van der Waals surface area contributed by atoms with Crippen LogP contribution in [-0.2, 0) is 10.0 Å². The highest BCUT2D eigenvalue weighted by Gasteiger charge is 2.17. The van der Waals surface area contributed by atoms with Crippen LogP contribution in [0.3, 0.4) is 0 Å². The quantitative estimate of drug-likeness (QED) is 0.549. The monoisotopic (exact) mass is 438 g/mol. The Kier molecular flexibility index (Phi) is 6.97. The van der Waals surface area contributed by atoms with Gasteiger partial charge in [0.05, 0.1) is 16.6 Å². The molecule has 2 N–H and O–H groups in total. The summed E-state index contributed by atoms with van der Waals surface area (Å²) in [7, 11) is -3.75. The smallest absolute Gasteiger partial charge is 0.261 e. The van der Waals surface area contributed by atoms with Crippen LogP contribution < -0.4 is 14.8 Å². The number of amides is 1. The minimum atomic E-state index is -3.75. The van der Waals surface area contributed by atoms with E-state index >= 15 is 0 Å². The second-order valence-electron chi connectivity index (χ2n) is 7.45. The van der Waals surface area contributed by atoms with E-state index in [-0.39, 0.29) is 16.8 Å². The van der Waals surface area contributed by atoms with E-state index in [2.05, 4.69) is 10.0 Å². The average Bonchev–Trinajstić information content (AvgIpc) is 2.75. The maximum absolute atomic E-state index is 12.7. The maximum Gasteiger partial charge on any atom is 0.261 e. The van der Waals surface area contributed by atoms with Crippen molar-refractivity contribution in [3.63, 3.8) is 0 Å². The number of hydrogen-bond acceptors (Lipinski definition) is 4. The third-order valence-corrected chi connectivity index (χ3v) is 6.08. The number of sulfonamides is 1. The van der Waals surface area contributed by atoms with Crippen LogP contribution in [0.1, 0.15) is 28.4 Å². The lowest BCUT2D eigenvalue weighted by atomic mass is 10.1. The van der Waals surface area contributed by atoms with Gasteiger partial charge >= 0.3 is 0 Å². The molecule has 0 aliphatic rings. The highest BCUT2D eigenvalue weighted by molar-refractivity contribution is 7.92. The van der Waals surface area contributed by atoms with Crippen LogP contribution in [0.15, 0.2) is 77.7 Å². The molecular weight excluding hydrogens is 412 g/mol. The molecule has 0 heterocycles. The van der Waals surface area contributed by atoms with Crippen molar-refractivity contribution in [1.82, 2.24) is 5.32 Å². The van der Waals surface area contributed by atoms with E-state index in [1.807, 2.05) is 38.1 Å². The molecule has 3 aromatic rings. The lowest BCUT2D eigenvalue weighted by Crippen LogP contribution is -2.36. The Balaban J connectivity index is 1.66. The van der Waals surface area contributed by atoms with Gasteiger partial charge in [0.2, 0.25) is 0 Å². The van der Waals surface area contributed by atoms with Crippen molar-refractivity contribution in [2.75, 3.05) is 11.3 Å². The van der Waals surface area contributed by atoms with Crippen molar-refractivity contribution < 1.29 is 17.9 Å². The molecule has 0 aromatic heterocycles. The summed E-state index contributed by atoms with van der Waals surface area (Å²) in [4.78, 5) is 12.8. The number of rotatable bonds is 8. The Labute approximate surface area is 183 Å². The van der Waals surface area contributed by atoms with Crippen LogP contribution in [0.4, 0.5) is 5.69 Å². The number of ether oxygens (including phenoxy) is 1. The van der Waals surface area contributed by atoms with E-state index in [0.29, 0.717) is 23.4 Å². The molecule has 3 aromatic carbocycles. The molecule has 162 valence electrons. The maximum atomic E-state index is 12.7. The number of benzene rings is 3. The fraction of sp³-hybridized carbons (Fsp3) is 0.208. The molecule has 0 bridgehead atoms. The van der Waals surface area contributed by atoms with Gasteiger partial charge in [0.1, 0.15) is 12.4 Å². The lowest BCUT2D eigenvalue weighted by molar-refractivity contribution is 0.0926. The first-order valence-electron chi connectivity index (χ1n) is 9.93. The highest BCUT2D eigenvalue weighted by atomic mass is 32.2. The van der Waals surface area contributed by atoms with Gasteiger partial charge in [-0.05, 0) is 62.7 Å². The number of carbonyl (C=O) groups is 1. The van der Waals surface area contributed by atoms with Crippen LogP contribution in [-0.4, -0.2) is 27.0 Å². The molecule has 0 saturated heterocycles. The topological polar surface area (TPSA) is 84.5 Å². The Hall–Kier alpha value is -3.32. The molecule has 0 saturated carbocycles. The Bertz CT molecular complexity index is 1140. The second-order valence-corrected chi connectivity index (χ2v) is 9.13. The molecule has 31 heavy (non-hydrogen) atoms. The summed E-state index contributed by atoms with van der Waals surface area (Å²) in [5, 5.41) is 2.88. The number of aryl methyl sites for hydroxylation is 2. The first-order chi connectivity index (χ1) is 14.7. The van der Waals surface area contributed by atoms with Crippen molar-refractivity contribution >= 4 is 21.6 Å². The van der Waals surface area contributed by atoms with Gasteiger partial charge in [0.15, 0.2) is 0 Å². The van der Waals surface area contributed by atoms with Crippen LogP contribution >= 0.6 is 0 Å². The van der Waals surface area contributed by atoms with Crippen molar-refractivity contribution in [3.05, 3.63) is 89.5 Å². The van der Waals surface area contributed by atoms with Gasteiger partial charge in [-0.2, -0.15) is 0 Å². The Morgan fingerprint density at radius 2 is 1.65 bits per heavy atom. The minimum absolute atomic E-state index is 0.158. The zero-order valence-electron chi connectivity index (χ0n) is 17.8. The van der Waals surface area contributed by atoms with Gasteiger partial charge in [0, 0.05) is 5.56 Å². The van der Waals surface area contributed by atoms with E-state index in [9.17, 15) is 13.2 Å². The van der Waals surface area contributed by atoms with Crippen molar-refractivity contribution in [2.24, 2.45) is 0 Å². The second kappa shape index (κ2) is 9.66. The van der Waals surface area contributed by atoms with Crippen molar-refractivity contribution in [1.29, 1.82) is 0 Å². The summed E-state index contributed by atoms with van der Waals surface area (Å²) in [5.74, 6) is 0.430. The first kappa shape index (κ1) is 22.4. The van der Waals surface area contributed by atoms with E-state index in [1.54, 1.807) is 43.3 Å². The molecule has 3 rings (SSSR count). The zero-order chi connectivity index (χ0) is 22.4. The van der Waals surface area contributed by atoms with Gasteiger partial charge < -0.3 is 10.1 Å². The minimum Gasteiger partial charge on any atom is -0.491 e. The molecule has 1 amide bonds. The van der Waals surface area contributed by atoms with E-state index in [4.69, 9.17) is 4.74 Å². The summed E-state index contributed by atoms with van der Waals surface area (Å²) in [6.45, 7) is 5.94. The number of hydrogen-bond donors (Lipinski definition) is 2. The third kappa shape index (κ3) is 6.08. The van der Waals surface area contributed by atoms with Gasteiger partial charge in [-0.25, -0.2) is 8.42 Å². The van der Waals surface area contributed by atoms with E-state index in [0.717, 1.165) is 11.3 Å². The largest absolute Gasteiger partial charge is 0.491 e. The lowest BCUT2D eigenvalue weighted by Gasteiger charge is -2.16. The summed E-state index contributed by atoms with van der Waals surface area (Å²) in [6.07, 6.45) is 0. The van der Waals surface area contributed by atoms with E-state index < -0.39 is 10.0 Å². The predicted octanol–water partition coefficient (Wildman–Crippen LogP) is 4.30. The molecule has 0 unspecified atom stereocenters. The number of nitrogens with one attached hydrogen (secondary N) is 2. The molecule has 0 spiro atoms. The van der Waals surface area contributed by atoms with Gasteiger partial charge in [-0.1, -0.05) is 42.0 Å². The summed E-state index contributed by atoms with van der Waals surface area (Å²) in [6, 6.07) is 20.5. The van der Waals surface area contributed by atoms with Crippen molar-refractivity contribution in [3.8, 4) is 5.75 Å². The molecule has 6 nitrogen and oxygen atoms in total. The van der Waals surface area contributed by atoms with Crippen LogP contribution in [0.25, 0.3) is 0 Å². The van der Waals surface area contributed by atoms with E-state index in [1.165, 1.54) is 12.1 Å². The molecular formula is C24H26N2O4S. The van der Waals surface area contributed by atoms with Gasteiger partial charge in [0.25, 0.3) is 15.9 Å². The zero-order valence-corrected chi connectivity index (χ0v) is 18.6. The van der Waals surface area contributed by atoms with Gasteiger partial charge in [-0.3, -0.25) is 9.52 Å². The van der Waals surface area contributed by atoms with Crippen LogP contribution in [0.2, 0.25) is 0 Å².